The highest BCUT2D eigenvalue weighted by Crippen LogP contribution is 2.36. The van der Waals surface area contributed by atoms with Gasteiger partial charge in [0.1, 0.15) is 0 Å². The number of aromatic amines is 1. The van der Waals surface area contributed by atoms with Gasteiger partial charge in [0.25, 0.3) is 0 Å². The second-order valence-corrected chi connectivity index (χ2v) is 5.72. The van der Waals surface area contributed by atoms with E-state index in [1.807, 2.05) is 52.0 Å². The van der Waals surface area contributed by atoms with Crippen LogP contribution in [0.25, 0.3) is 16.5 Å². The van der Waals surface area contributed by atoms with Crippen molar-refractivity contribution in [1.82, 2.24) is 4.98 Å². The average Bonchev–Trinajstić information content (AvgIpc) is 2.93. The summed E-state index contributed by atoms with van der Waals surface area (Å²) in [6.07, 6.45) is 0. The van der Waals surface area contributed by atoms with Crippen LogP contribution in [-0.4, -0.2) is 16.9 Å². The monoisotopic (exact) mass is 295 g/mol. The lowest BCUT2D eigenvalue weighted by Gasteiger charge is -2.06. The number of aryl methyl sites for hydroxylation is 1. The van der Waals surface area contributed by atoms with Gasteiger partial charge in [-0.1, -0.05) is 23.8 Å². The fraction of sp³-hybridized carbons (Fsp3) is 0.222. The molecule has 0 aliphatic carbocycles. The van der Waals surface area contributed by atoms with E-state index in [-0.39, 0.29) is 0 Å². The molecule has 112 valence electrons. The SMILES string of the molecule is CC(C)=C1C(=O)OC(=O)/C1=C(\C)c1c(C)[nH]c2ccccc12. The van der Waals surface area contributed by atoms with Crippen LogP contribution >= 0.6 is 0 Å². The van der Waals surface area contributed by atoms with E-state index in [2.05, 4.69) is 4.98 Å². The molecule has 1 saturated heterocycles. The Balaban J connectivity index is 2.35. The molecule has 4 nitrogen and oxygen atoms in total. The summed E-state index contributed by atoms with van der Waals surface area (Å²) < 4.78 is 4.82. The summed E-state index contributed by atoms with van der Waals surface area (Å²) in [6, 6.07) is 7.91. The second-order valence-electron chi connectivity index (χ2n) is 5.72. The molecule has 2 heterocycles. The van der Waals surface area contributed by atoms with Gasteiger partial charge in [-0.15, -0.1) is 0 Å². The van der Waals surface area contributed by atoms with Crippen LogP contribution in [0.15, 0.2) is 41.0 Å². The zero-order chi connectivity index (χ0) is 16.0. The van der Waals surface area contributed by atoms with Crippen LogP contribution < -0.4 is 0 Å². The number of hydrogen-bond donors (Lipinski definition) is 1. The van der Waals surface area contributed by atoms with Gasteiger partial charge in [0.05, 0.1) is 11.1 Å². The molecule has 1 N–H and O–H groups in total. The summed E-state index contributed by atoms with van der Waals surface area (Å²) in [7, 11) is 0. The van der Waals surface area contributed by atoms with Crippen LogP contribution in [0.5, 0.6) is 0 Å². The number of para-hydroxylation sites is 1. The van der Waals surface area contributed by atoms with Gasteiger partial charge in [-0.25, -0.2) is 9.59 Å². The Labute approximate surface area is 128 Å². The van der Waals surface area contributed by atoms with Gasteiger partial charge in [0.15, 0.2) is 0 Å². The Morgan fingerprint density at radius 2 is 1.64 bits per heavy atom. The van der Waals surface area contributed by atoms with E-state index in [0.717, 1.165) is 33.3 Å². The third-order valence-electron chi connectivity index (χ3n) is 3.99. The van der Waals surface area contributed by atoms with Gasteiger partial charge in [0, 0.05) is 22.2 Å². The number of ether oxygens (including phenoxy) is 1. The topological polar surface area (TPSA) is 59.2 Å². The molecule has 0 atom stereocenters. The maximum Gasteiger partial charge on any atom is 0.347 e. The molecule has 0 bridgehead atoms. The highest BCUT2D eigenvalue weighted by atomic mass is 16.6. The minimum atomic E-state index is -0.566. The predicted molar refractivity (Wildman–Crippen MR) is 85.1 cm³/mol. The molecule has 3 rings (SSSR count). The van der Waals surface area contributed by atoms with E-state index in [0.29, 0.717) is 11.1 Å². The number of nitrogens with one attached hydrogen (secondary N) is 1. The molecule has 0 amide bonds. The molecule has 1 aromatic carbocycles. The van der Waals surface area contributed by atoms with Crippen LogP contribution in [0.1, 0.15) is 32.0 Å². The van der Waals surface area contributed by atoms with Crippen LogP contribution in [0, 0.1) is 6.92 Å². The molecule has 2 aromatic rings. The maximum atomic E-state index is 12.1. The Morgan fingerprint density at radius 1 is 1.00 bits per heavy atom. The number of cyclic esters (lactones) is 2. The summed E-state index contributed by atoms with van der Waals surface area (Å²) in [6.45, 7) is 7.44. The van der Waals surface area contributed by atoms with Crippen molar-refractivity contribution >= 4 is 28.4 Å². The third kappa shape index (κ3) is 1.99. The lowest BCUT2D eigenvalue weighted by molar-refractivity contribution is -0.149. The van der Waals surface area contributed by atoms with Crippen molar-refractivity contribution in [3.63, 3.8) is 0 Å². The van der Waals surface area contributed by atoms with Gasteiger partial charge in [0.2, 0.25) is 0 Å². The Kier molecular flexibility index (Phi) is 3.24. The summed E-state index contributed by atoms with van der Waals surface area (Å²) in [4.78, 5) is 27.4. The zero-order valence-corrected chi connectivity index (χ0v) is 13.0. The molecule has 1 fully saturated rings. The molecule has 4 heteroatoms. The summed E-state index contributed by atoms with van der Waals surface area (Å²) >= 11 is 0. The number of allylic oxidation sites excluding steroid dienone is 2. The Morgan fingerprint density at radius 3 is 2.32 bits per heavy atom. The predicted octanol–water partition coefficient (Wildman–Crippen LogP) is 3.67. The maximum absolute atomic E-state index is 12.1. The van der Waals surface area contributed by atoms with E-state index in [9.17, 15) is 9.59 Å². The van der Waals surface area contributed by atoms with Crippen molar-refractivity contribution in [3.8, 4) is 0 Å². The quantitative estimate of drug-likeness (QED) is 0.496. The molecule has 0 radical (unpaired) electrons. The van der Waals surface area contributed by atoms with Crippen molar-refractivity contribution in [1.29, 1.82) is 0 Å². The van der Waals surface area contributed by atoms with Crippen LogP contribution in [-0.2, 0) is 14.3 Å². The number of benzene rings is 1. The van der Waals surface area contributed by atoms with E-state index >= 15 is 0 Å². The lowest BCUT2D eigenvalue weighted by atomic mass is 9.93. The minimum Gasteiger partial charge on any atom is -0.386 e. The minimum absolute atomic E-state index is 0.373. The molecular formula is C18H17NO3. The van der Waals surface area contributed by atoms with Crippen molar-refractivity contribution in [2.45, 2.75) is 27.7 Å². The van der Waals surface area contributed by atoms with Crippen molar-refractivity contribution in [3.05, 3.63) is 52.2 Å². The van der Waals surface area contributed by atoms with E-state index < -0.39 is 11.9 Å². The van der Waals surface area contributed by atoms with Gasteiger partial charge in [-0.2, -0.15) is 0 Å². The number of hydrogen-bond acceptors (Lipinski definition) is 3. The number of carbonyl (C=O) groups excluding carboxylic acids is 2. The van der Waals surface area contributed by atoms with Crippen LogP contribution in [0.4, 0.5) is 0 Å². The summed E-state index contributed by atoms with van der Waals surface area (Å²) in [5.41, 5.74) is 5.23. The summed E-state index contributed by atoms with van der Waals surface area (Å²) in [5.74, 6) is -1.12. The molecule has 1 aromatic heterocycles. The number of H-pyrrole nitrogens is 1. The normalized spacial score (nSPS) is 17.2. The Hall–Kier alpha value is -2.62. The largest absolute Gasteiger partial charge is 0.386 e. The molecular weight excluding hydrogens is 278 g/mol. The highest BCUT2D eigenvalue weighted by molar-refractivity contribution is 6.22. The molecule has 0 saturated carbocycles. The number of aromatic nitrogens is 1. The first-order valence-corrected chi connectivity index (χ1v) is 7.14. The van der Waals surface area contributed by atoms with E-state index in [4.69, 9.17) is 4.74 Å². The van der Waals surface area contributed by atoms with Gasteiger partial charge >= 0.3 is 11.9 Å². The standard InChI is InChI=1S/C18H17NO3/c1-9(2)14-16(18(21)22-17(14)20)10(3)15-11(4)19-13-8-6-5-7-12(13)15/h5-8,19H,1-4H3/b16-10+. The molecule has 0 unspecified atom stereocenters. The zero-order valence-electron chi connectivity index (χ0n) is 13.0. The number of carbonyl (C=O) groups is 2. The molecule has 1 aliphatic heterocycles. The van der Waals surface area contributed by atoms with Gasteiger partial charge < -0.3 is 9.72 Å². The van der Waals surface area contributed by atoms with Crippen molar-refractivity contribution < 1.29 is 14.3 Å². The number of fused-ring (bicyclic) bond motifs is 1. The molecule has 0 spiro atoms. The first-order chi connectivity index (χ1) is 10.4. The summed E-state index contributed by atoms with van der Waals surface area (Å²) in [5, 5.41) is 1.03. The highest BCUT2D eigenvalue weighted by Gasteiger charge is 2.36. The van der Waals surface area contributed by atoms with Crippen molar-refractivity contribution in [2.75, 3.05) is 0 Å². The molecule has 1 aliphatic rings. The fourth-order valence-electron chi connectivity index (χ4n) is 3.07. The lowest BCUT2D eigenvalue weighted by Crippen LogP contribution is -2.00. The van der Waals surface area contributed by atoms with Gasteiger partial charge in [-0.05, 0) is 39.3 Å². The van der Waals surface area contributed by atoms with E-state index in [1.165, 1.54) is 0 Å². The Bertz CT molecular complexity index is 877. The first-order valence-electron chi connectivity index (χ1n) is 7.14. The van der Waals surface area contributed by atoms with Gasteiger partial charge in [-0.3, -0.25) is 0 Å². The third-order valence-corrected chi connectivity index (χ3v) is 3.99. The number of esters is 2. The van der Waals surface area contributed by atoms with Crippen LogP contribution in [0.3, 0.4) is 0 Å². The van der Waals surface area contributed by atoms with E-state index in [1.54, 1.807) is 0 Å². The average molecular weight is 295 g/mol. The van der Waals surface area contributed by atoms with Crippen molar-refractivity contribution in [2.24, 2.45) is 0 Å². The smallest absolute Gasteiger partial charge is 0.347 e. The molecule has 22 heavy (non-hydrogen) atoms. The first kappa shape index (κ1) is 14.3. The van der Waals surface area contributed by atoms with Crippen LogP contribution in [0.2, 0.25) is 0 Å². The fourth-order valence-corrected chi connectivity index (χ4v) is 3.07. The second kappa shape index (κ2) is 4.98. The number of rotatable bonds is 1.